The molecule has 1 aliphatic rings. The van der Waals surface area contributed by atoms with E-state index in [4.69, 9.17) is 10.5 Å². The summed E-state index contributed by atoms with van der Waals surface area (Å²) < 4.78 is 0. The van der Waals surface area contributed by atoms with Crippen LogP contribution in [0.15, 0.2) is 29.4 Å². The normalized spacial score (nSPS) is 20.1. The Kier molecular flexibility index (Phi) is 4.77. The van der Waals surface area contributed by atoms with E-state index in [2.05, 4.69) is 10.5 Å². The third-order valence-corrected chi connectivity index (χ3v) is 3.72. The van der Waals surface area contributed by atoms with Crippen molar-refractivity contribution in [3.63, 3.8) is 0 Å². The average Bonchev–Trinajstić information content (AvgIpc) is 2.54. The van der Waals surface area contributed by atoms with Gasteiger partial charge in [0.05, 0.1) is 17.3 Å². The van der Waals surface area contributed by atoms with Gasteiger partial charge in [0.1, 0.15) is 0 Å². The van der Waals surface area contributed by atoms with Crippen LogP contribution in [-0.2, 0) is 0 Å². The van der Waals surface area contributed by atoms with Gasteiger partial charge in [0.2, 0.25) is 0 Å². The molecule has 1 fully saturated rings. The first kappa shape index (κ1) is 14.9. The number of amides is 2. The number of carbonyl (C=O) groups excluding carboxylic acids is 1. The van der Waals surface area contributed by atoms with Gasteiger partial charge in [0.25, 0.3) is 0 Å². The minimum Gasteiger partial charge on any atom is -0.411 e. The number of nitriles is 1. The highest BCUT2D eigenvalue weighted by Crippen LogP contribution is 2.18. The second kappa shape index (κ2) is 6.75. The van der Waals surface area contributed by atoms with Gasteiger partial charge in [0.15, 0.2) is 0 Å². The monoisotopic (exact) mass is 286 g/mol. The predicted molar refractivity (Wildman–Crippen MR) is 79.4 cm³/mol. The number of piperidine rings is 1. The van der Waals surface area contributed by atoms with Crippen LogP contribution in [-0.4, -0.2) is 34.9 Å². The van der Waals surface area contributed by atoms with E-state index in [0.717, 1.165) is 12.1 Å². The van der Waals surface area contributed by atoms with Crippen LogP contribution in [0.2, 0.25) is 0 Å². The molecule has 1 unspecified atom stereocenters. The lowest BCUT2D eigenvalue weighted by atomic mass is 9.93. The Morgan fingerprint density at radius 2 is 2.24 bits per heavy atom. The molecule has 21 heavy (non-hydrogen) atoms. The van der Waals surface area contributed by atoms with E-state index in [1.165, 1.54) is 0 Å². The summed E-state index contributed by atoms with van der Waals surface area (Å²) >= 11 is 0. The summed E-state index contributed by atoms with van der Waals surface area (Å²) in [6, 6.07) is 8.61. The molecule has 6 nitrogen and oxygen atoms in total. The van der Waals surface area contributed by atoms with Gasteiger partial charge in [-0.2, -0.15) is 5.26 Å². The number of carbonyl (C=O) groups is 1. The highest BCUT2D eigenvalue weighted by molar-refractivity contribution is 5.93. The first-order chi connectivity index (χ1) is 10.2. The van der Waals surface area contributed by atoms with Gasteiger partial charge in [-0.15, -0.1) is 0 Å². The lowest BCUT2D eigenvalue weighted by Crippen LogP contribution is -2.45. The van der Waals surface area contributed by atoms with Crippen molar-refractivity contribution < 1.29 is 10.0 Å². The molecule has 1 heterocycles. The Morgan fingerprint density at radius 1 is 1.52 bits per heavy atom. The molecule has 0 radical (unpaired) electrons. The summed E-state index contributed by atoms with van der Waals surface area (Å²) in [5.41, 5.74) is 1.98. The SMILES string of the molecule is CCC1CN(C(=O)Nc2ccc(C#N)cc2)CC/C1=N\O. The molecule has 2 rings (SSSR count). The summed E-state index contributed by atoms with van der Waals surface area (Å²) in [5.74, 6) is 0.107. The smallest absolute Gasteiger partial charge is 0.321 e. The summed E-state index contributed by atoms with van der Waals surface area (Å²) in [4.78, 5) is 13.9. The second-order valence-electron chi connectivity index (χ2n) is 5.01. The third-order valence-electron chi connectivity index (χ3n) is 3.72. The molecule has 0 bridgehead atoms. The van der Waals surface area contributed by atoms with E-state index in [-0.39, 0.29) is 11.9 Å². The zero-order chi connectivity index (χ0) is 15.2. The number of nitrogens with one attached hydrogen (secondary N) is 1. The number of anilines is 1. The van der Waals surface area contributed by atoms with E-state index in [0.29, 0.717) is 30.8 Å². The van der Waals surface area contributed by atoms with Gasteiger partial charge in [-0.05, 0) is 30.7 Å². The number of urea groups is 1. The zero-order valence-corrected chi connectivity index (χ0v) is 11.9. The molecule has 6 heteroatoms. The average molecular weight is 286 g/mol. The number of oxime groups is 1. The van der Waals surface area contributed by atoms with Crippen LogP contribution in [0.4, 0.5) is 10.5 Å². The Balaban J connectivity index is 1.98. The molecule has 1 aliphatic heterocycles. The first-order valence-electron chi connectivity index (χ1n) is 6.94. The molecule has 1 atom stereocenters. The molecule has 0 spiro atoms. The van der Waals surface area contributed by atoms with Crippen LogP contribution >= 0.6 is 0 Å². The number of rotatable bonds is 2. The second-order valence-corrected chi connectivity index (χ2v) is 5.01. The Bertz CT molecular complexity index is 574. The molecular formula is C15H18N4O2. The van der Waals surface area contributed by atoms with Gasteiger partial charge < -0.3 is 15.4 Å². The summed E-state index contributed by atoms with van der Waals surface area (Å²) in [7, 11) is 0. The molecule has 0 aliphatic carbocycles. The Labute approximate surface area is 123 Å². The quantitative estimate of drug-likeness (QED) is 0.647. The van der Waals surface area contributed by atoms with E-state index < -0.39 is 0 Å². The highest BCUT2D eigenvalue weighted by Gasteiger charge is 2.27. The van der Waals surface area contributed by atoms with Crippen LogP contribution in [0.25, 0.3) is 0 Å². The highest BCUT2D eigenvalue weighted by atomic mass is 16.4. The number of benzene rings is 1. The number of hydrogen-bond acceptors (Lipinski definition) is 4. The van der Waals surface area contributed by atoms with Crippen molar-refractivity contribution in [2.45, 2.75) is 19.8 Å². The molecule has 0 saturated carbocycles. The maximum atomic E-state index is 12.2. The third kappa shape index (κ3) is 3.51. The summed E-state index contributed by atoms with van der Waals surface area (Å²) in [6.45, 7) is 3.11. The van der Waals surface area contributed by atoms with E-state index in [1.807, 2.05) is 13.0 Å². The number of hydrogen-bond donors (Lipinski definition) is 2. The Morgan fingerprint density at radius 3 is 2.81 bits per heavy atom. The molecular weight excluding hydrogens is 268 g/mol. The van der Waals surface area contributed by atoms with Crippen LogP contribution in [0.3, 0.4) is 0 Å². The predicted octanol–water partition coefficient (Wildman–Crippen LogP) is 2.65. The molecule has 110 valence electrons. The molecule has 2 amide bonds. The summed E-state index contributed by atoms with van der Waals surface area (Å²) in [5, 5.41) is 23.8. The molecule has 1 saturated heterocycles. The fraction of sp³-hybridized carbons (Fsp3) is 0.400. The van der Waals surface area contributed by atoms with Crippen molar-refractivity contribution in [1.82, 2.24) is 4.90 Å². The minimum atomic E-state index is -0.171. The van der Waals surface area contributed by atoms with Gasteiger partial charge >= 0.3 is 6.03 Å². The van der Waals surface area contributed by atoms with Gasteiger partial charge in [-0.1, -0.05) is 12.1 Å². The topological polar surface area (TPSA) is 88.7 Å². The van der Waals surface area contributed by atoms with Crippen molar-refractivity contribution in [3.05, 3.63) is 29.8 Å². The number of nitrogens with zero attached hydrogens (tertiary/aromatic N) is 3. The maximum Gasteiger partial charge on any atom is 0.321 e. The minimum absolute atomic E-state index is 0.107. The fourth-order valence-corrected chi connectivity index (χ4v) is 2.43. The fourth-order valence-electron chi connectivity index (χ4n) is 2.43. The van der Waals surface area contributed by atoms with Gasteiger partial charge in [0, 0.05) is 31.1 Å². The van der Waals surface area contributed by atoms with Crippen molar-refractivity contribution in [2.75, 3.05) is 18.4 Å². The molecule has 2 N–H and O–H groups in total. The maximum absolute atomic E-state index is 12.2. The number of likely N-dealkylation sites (tertiary alicyclic amines) is 1. The molecule has 1 aromatic carbocycles. The van der Waals surface area contributed by atoms with Crippen LogP contribution in [0.5, 0.6) is 0 Å². The summed E-state index contributed by atoms with van der Waals surface area (Å²) in [6.07, 6.45) is 1.43. The van der Waals surface area contributed by atoms with Crippen molar-refractivity contribution in [2.24, 2.45) is 11.1 Å². The van der Waals surface area contributed by atoms with Crippen molar-refractivity contribution in [1.29, 1.82) is 5.26 Å². The van der Waals surface area contributed by atoms with Gasteiger partial charge in [-0.25, -0.2) is 4.79 Å². The van der Waals surface area contributed by atoms with Crippen LogP contribution in [0.1, 0.15) is 25.3 Å². The standard InChI is InChI=1S/C15H18N4O2/c1-2-12-10-19(8-7-14(12)18-21)15(20)17-13-5-3-11(9-16)4-6-13/h3-6,12,21H,2,7-8,10H2,1H3,(H,17,20)/b18-14+. The molecule has 0 aromatic heterocycles. The van der Waals surface area contributed by atoms with E-state index >= 15 is 0 Å². The van der Waals surface area contributed by atoms with Gasteiger partial charge in [-0.3, -0.25) is 0 Å². The lowest BCUT2D eigenvalue weighted by Gasteiger charge is -2.32. The van der Waals surface area contributed by atoms with Crippen molar-refractivity contribution in [3.8, 4) is 6.07 Å². The molecule has 1 aromatic rings. The lowest BCUT2D eigenvalue weighted by molar-refractivity contribution is 0.200. The van der Waals surface area contributed by atoms with E-state index in [9.17, 15) is 4.79 Å². The largest absolute Gasteiger partial charge is 0.411 e. The zero-order valence-electron chi connectivity index (χ0n) is 11.9. The van der Waals surface area contributed by atoms with Crippen molar-refractivity contribution >= 4 is 17.4 Å². The van der Waals surface area contributed by atoms with E-state index in [1.54, 1.807) is 29.2 Å². The van der Waals surface area contributed by atoms with Crippen LogP contribution < -0.4 is 5.32 Å². The van der Waals surface area contributed by atoms with Crippen LogP contribution in [0, 0.1) is 17.2 Å². The Hall–Kier alpha value is -2.55. The first-order valence-corrected chi connectivity index (χ1v) is 6.94.